The zero-order valence-corrected chi connectivity index (χ0v) is 10.3. The maximum atomic E-state index is 12.4. The number of hydrogen-bond donors (Lipinski definition) is 2. The van der Waals surface area contributed by atoms with Gasteiger partial charge in [0.15, 0.2) is 0 Å². The number of amides is 1. The molecule has 0 saturated carbocycles. The Hall–Kier alpha value is -2.49. The molecule has 1 heterocycles. The van der Waals surface area contributed by atoms with Gasteiger partial charge in [-0.25, -0.2) is 0 Å². The fourth-order valence-electron chi connectivity index (χ4n) is 2.37. The van der Waals surface area contributed by atoms with Crippen molar-refractivity contribution < 1.29 is 9.90 Å². The number of rotatable bonds is 1. The lowest BCUT2D eigenvalue weighted by atomic mass is 10.1. The highest BCUT2D eigenvalue weighted by Crippen LogP contribution is 2.31. The van der Waals surface area contributed by atoms with Crippen LogP contribution in [0.5, 0.6) is 5.75 Å². The number of nitrogens with two attached hydrogens (primary N) is 1. The molecule has 2 aromatic rings. The van der Waals surface area contributed by atoms with Gasteiger partial charge >= 0.3 is 0 Å². The molecule has 0 fully saturated rings. The van der Waals surface area contributed by atoms with E-state index in [2.05, 4.69) is 0 Å². The van der Waals surface area contributed by atoms with Crippen molar-refractivity contribution in [3.63, 3.8) is 0 Å². The number of benzene rings is 2. The number of fused-ring (bicyclic) bond motifs is 1. The van der Waals surface area contributed by atoms with E-state index >= 15 is 0 Å². The summed E-state index contributed by atoms with van der Waals surface area (Å²) in [5.74, 6) is 0.0898. The summed E-state index contributed by atoms with van der Waals surface area (Å²) in [6.45, 7) is 0.665. The average Bonchev–Trinajstić information content (AvgIpc) is 2.81. The number of anilines is 2. The maximum Gasteiger partial charge on any atom is 0.258 e. The number of nitrogens with zero attached hydrogens (tertiary/aromatic N) is 1. The van der Waals surface area contributed by atoms with Crippen LogP contribution in [0.2, 0.25) is 0 Å². The van der Waals surface area contributed by atoms with Crippen molar-refractivity contribution in [3.05, 3.63) is 53.6 Å². The lowest BCUT2D eigenvalue weighted by molar-refractivity contribution is 0.0989. The summed E-state index contributed by atoms with van der Waals surface area (Å²) in [5, 5.41) is 9.26. The molecule has 3 N–H and O–H groups in total. The largest absolute Gasteiger partial charge is 0.508 e. The molecule has 19 heavy (non-hydrogen) atoms. The molecular formula is C15H14N2O2. The van der Waals surface area contributed by atoms with Gasteiger partial charge < -0.3 is 15.7 Å². The van der Waals surface area contributed by atoms with Crippen LogP contribution < -0.4 is 10.6 Å². The fourth-order valence-corrected chi connectivity index (χ4v) is 2.37. The van der Waals surface area contributed by atoms with Crippen LogP contribution in [-0.4, -0.2) is 17.6 Å². The molecule has 3 rings (SSSR count). The van der Waals surface area contributed by atoms with Crippen LogP contribution in [-0.2, 0) is 6.42 Å². The minimum Gasteiger partial charge on any atom is -0.508 e. The first-order chi connectivity index (χ1) is 9.15. The number of nitrogen functional groups attached to an aromatic ring is 1. The molecular weight excluding hydrogens is 240 g/mol. The van der Waals surface area contributed by atoms with Gasteiger partial charge in [-0.3, -0.25) is 4.79 Å². The topological polar surface area (TPSA) is 66.6 Å². The van der Waals surface area contributed by atoms with Gasteiger partial charge in [-0.1, -0.05) is 6.07 Å². The smallest absolute Gasteiger partial charge is 0.258 e. The van der Waals surface area contributed by atoms with E-state index in [-0.39, 0.29) is 11.7 Å². The van der Waals surface area contributed by atoms with Crippen LogP contribution in [0.4, 0.5) is 11.4 Å². The van der Waals surface area contributed by atoms with Crippen LogP contribution >= 0.6 is 0 Å². The minimum absolute atomic E-state index is 0.0654. The summed E-state index contributed by atoms with van der Waals surface area (Å²) in [7, 11) is 0. The standard InChI is InChI=1S/C15H14N2O2/c16-12-4-1-10-7-8-17(14(10)9-12)15(19)11-2-5-13(18)6-3-11/h1-6,9,18H,7-8,16H2. The minimum atomic E-state index is -0.0654. The number of hydrogen-bond acceptors (Lipinski definition) is 3. The molecule has 1 aliphatic heterocycles. The molecule has 4 nitrogen and oxygen atoms in total. The SMILES string of the molecule is Nc1ccc2c(c1)N(C(=O)c1ccc(O)cc1)CC2. The van der Waals surface area contributed by atoms with Gasteiger partial charge in [0.2, 0.25) is 0 Å². The predicted octanol–water partition coefficient (Wildman–Crippen LogP) is 2.18. The second-order valence-corrected chi connectivity index (χ2v) is 4.64. The molecule has 2 aromatic carbocycles. The third-order valence-corrected chi connectivity index (χ3v) is 3.36. The predicted molar refractivity (Wildman–Crippen MR) is 74.3 cm³/mol. The normalized spacial score (nSPS) is 13.4. The average molecular weight is 254 g/mol. The van der Waals surface area contributed by atoms with Gasteiger partial charge in [0.25, 0.3) is 5.91 Å². The second-order valence-electron chi connectivity index (χ2n) is 4.64. The maximum absolute atomic E-state index is 12.4. The van der Waals surface area contributed by atoms with E-state index in [1.165, 1.54) is 12.1 Å². The van der Waals surface area contributed by atoms with Gasteiger partial charge in [0.1, 0.15) is 5.75 Å². The van der Waals surface area contributed by atoms with Gasteiger partial charge in [-0.2, -0.15) is 0 Å². The molecule has 1 amide bonds. The molecule has 0 aliphatic carbocycles. The Morgan fingerprint density at radius 3 is 2.63 bits per heavy atom. The Balaban J connectivity index is 1.95. The van der Waals surface area contributed by atoms with Crippen LogP contribution in [0.1, 0.15) is 15.9 Å². The number of aromatic hydroxyl groups is 1. The monoisotopic (exact) mass is 254 g/mol. The van der Waals surface area contributed by atoms with Gasteiger partial charge in [0.05, 0.1) is 0 Å². The van der Waals surface area contributed by atoms with Gasteiger partial charge in [-0.05, 0) is 48.4 Å². The van der Waals surface area contributed by atoms with E-state index in [4.69, 9.17) is 5.73 Å². The first-order valence-electron chi connectivity index (χ1n) is 6.14. The van der Waals surface area contributed by atoms with E-state index in [1.807, 2.05) is 18.2 Å². The van der Waals surface area contributed by atoms with Crippen LogP contribution in [0.3, 0.4) is 0 Å². The quantitative estimate of drug-likeness (QED) is 0.766. The summed E-state index contributed by atoms with van der Waals surface area (Å²) < 4.78 is 0. The lowest BCUT2D eigenvalue weighted by Gasteiger charge is -2.17. The van der Waals surface area contributed by atoms with Crippen molar-refractivity contribution in [2.45, 2.75) is 6.42 Å². The summed E-state index contributed by atoms with van der Waals surface area (Å²) >= 11 is 0. The molecule has 0 radical (unpaired) electrons. The van der Waals surface area contributed by atoms with Crippen molar-refractivity contribution >= 4 is 17.3 Å². The summed E-state index contributed by atoms with van der Waals surface area (Å²) in [5.41, 5.74) is 9.03. The zero-order chi connectivity index (χ0) is 13.4. The molecule has 0 aromatic heterocycles. The Bertz CT molecular complexity index is 635. The third kappa shape index (κ3) is 2.01. The Morgan fingerprint density at radius 1 is 1.16 bits per heavy atom. The second kappa shape index (κ2) is 4.31. The highest BCUT2D eigenvalue weighted by Gasteiger charge is 2.25. The number of phenols is 1. The lowest BCUT2D eigenvalue weighted by Crippen LogP contribution is -2.28. The number of carbonyl (C=O) groups is 1. The van der Waals surface area contributed by atoms with Crippen LogP contribution in [0, 0.1) is 0 Å². The highest BCUT2D eigenvalue weighted by atomic mass is 16.3. The van der Waals surface area contributed by atoms with E-state index in [1.54, 1.807) is 17.0 Å². The first kappa shape index (κ1) is 11.6. The van der Waals surface area contributed by atoms with E-state index in [0.717, 1.165) is 17.7 Å². The van der Waals surface area contributed by atoms with E-state index < -0.39 is 0 Å². The third-order valence-electron chi connectivity index (χ3n) is 3.36. The zero-order valence-electron chi connectivity index (χ0n) is 10.3. The van der Waals surface area contributed by atoms with Crippen molar-refractivity contribution in [2.24, 2.45) is 0 Å². The van der Waals surface area contributed by atoms with Crippen molar-refractivity contribution in [2.75, 3.05) is 17.2 Å². The van der Waals surface area contributed by atoms with Gasteiger partial charge in [0, 0.05) is 23.5 Å². The Morgan fingerprint density at radius 2 is 1.89 bits per heavy atom. The van der Waals surface area contributed by atoms with Gasteiger partial charge in [-0.15, -0.1) is 0 Å². The molecule has 4 heteroatoms. The fraction of sp³-hybridized carbons (Fsp3) is 0.133. The van der Waals surface area contributed by atoms with E-state index in [9.17, 15) is 9.90 Å². The number of carbonyl (C=O) groups excluding carboxylic acids is 1. The molecule has 0 unspecified atom stereocenters. The summed E-state index contributed by atoms with van der Waals surface area (Å²) in [4.78, 5) is 14.2. The van der Waals surface area contributed by atoms with Crippen LogP contribution in [0.25, 0.3) is 0 Å². The molecule has 1 aliphatic rings. The molecule has 0 atom stereocenters. The molecule has 96 valence electrons. The van der Waals surface area contributed by atoms with Crippen molar-refractivity contribution in [1.29, 1.82) is 0 Å². The Labute approximate surface area is 111 Å². The van der Waals surface area contributed by atoms with E-state index in [0.29, 0.717) is 17.8 Å². The molecule has 0 spiro atoms. The Kier molecular flexibility index (Phi) is 2.63. The first-order valence-corrected chi connectivity index (χ1v) is 6.14. The summed E-state index contributed by atoms with van der Waals surface area (Å²) in [6, 6.07) is 11.9. The summed E-state index contributed by atoms with van der Waals surface area (Å²) in [6.07, 6.45) is 0.847. The molecule has 0 bridgehead atoms. The van der Waals surface area contributed by atoms with Crippen LogP contribution in [0.15, 0.2) is 42.5 Å². The highest BCUT2D eigenvalue weighted by molar-refractivity contribution is 6.07. The van der Waals surface area contributed by atoms with Crippen molar-refractivity contribution in [3.8, 4) is 5.75 Å². The van der Waals surface area contributed by atoms with Crippen molar-refractivity contribution in [1.82, 2.24) is 0 Å². The number of phenolic OH excluding ortho intramolecular Hbond substituents is 1. The molecule has 0 saturated heterocycles.